The van der Waals surface area contributed by atoms with Gasteiger partial charge in [0.25, 0.3) is 0 Å². The first kappa shape index (κ1) is 13.6. The zero-order chi connectivity index (χ0) is 14.7. The fourth-order valence-electron chi connectivity index (χ4n) is 2.23. The predicted octanol–water partition coefficient (Wildman–Crippen LogP) is 4.45. The van der Waals surface area contributed by atoms with Crippen LogP contribution in [-0.4, -0.2) is 10.1 Å². The van der Waals surface area contributed by atoms with Crippen LogP contribution in [0.2, 0.25) is 0 Å². The topological polar surface area (TPSA) is 46.3 Å². The molecule has 1 atom stereocenters. The highest BCUT2D eigenvalue weighted by Crippen LogP contribution is 2.34. The summed E-state index contributed by atoms with van der Waals surface area (Å²) >= 11 is 0. The average molecular weight is 279 g/mol. The van der Waals surface area contributed by atoms with Gasteiger partial charge in [-0.25, -0.2) is 4.98 Å². The van der Waals surface area contributed by atoms with Crippen LogP contribution in [0.3, 0.4) is 0 Å². The number of hydrogen-bond acceptors (Lipinski definition) is 3. The summed E-state index contributed by atoms with van der Waals surface area (Å²) in [5.74, 6) is 1.07. The van der Waals surface area contributed by atoms with Crippen molar-refractivity contribution < 1.29 is 9.52 Å². The lowest BCUT2D eigenvalue weighted by Crippen LogP contribution is -1.94. The zero-order valence-electron chi connectivity index (χ0n) is 11.9. The van der Waals surface area contributed by atoms with Gasteiger partial charge in [0.2, 0.25) is 5.89 Å². The summed E-state index contributed by atoms with van der Waals surface area (Å²) in [7, 11) is 0. The van der Waals surface area contributed by atoms with Crippen molar-refractivity contribution in [2.75, 3.05) is 0 Å². The Hall–Kier alpha value is -2.39. The molecular formula is C18H17NO2. The predicted molar refractivity (Wildman–Crippen MR) is 82.6 cm³/mol. The second kappa shape index (κ2) is 5.94. The van der Waals surface area contributed by atoms with Gasteiger partial charge in [0.15, 0.2) is 5.76 Å². The summed E-state index contributed by atoms with van der Waals surface area (Å²) in [5.41, 5.74) is 2.71. The highest BCUT2D eigenvalue weighted by Gasteiger charge is 2.20. The van der Waals surface area contributed by atoms with E-state index in [0.717, 1.165) is 16.8 Å². The molecule has 1 aromatic heterocycles. The molecule has 0 aliphatic rings. The maximum atomic E-state index is 10.0. The smallest absolute Gasteiger partial charge is 0.224 e. The molecule has 0 saturated heterocycles. The normalized spacial score (nSPS) is 12.3. The molecule has 0 spiro atoms. The number of aromatic nitrogens is 1. The molecule has 2 aromatic carbocycles. The van der Waals surface area contributed by atoms with Crippen LogP contribution in [0, 0.1) is 0 Å². The molecule has 3 rings (SSSR count). The molecule has 3 heteroatoms. The molecule has 106 valence electrons. The molecule has 3 aromatic rings. The first-order valence-corrected chi connectivity index (χ1v) is 7.09. The van der Waals surface area contributed by atoms with Gasteiger partial charge >= 0.3 is 0 Å². The van der Waals surface area contributed by atoms with E-state index in [1.165, 1.54) is 0 Å². The highest BCUT2D eigenvalue weighted by molar-refractivity contribution is 5.76. The third-order valence-electron chi connectivity index (χ3n) is 3.40. The van der Waals surface area contributed by atoms with Crippen LogP contribution in [0.1, 0.15) is 25.3 Å². The largest absolute Gasteiger partial charge is 0.437 e. The van der Waals surface area contributed by atoms with Crippen molar-refractivity contribution in [1.29, 1.82) is 0 Å². The second-order valence-corrected chi connectivity index (χ2v) is 4.89. The Morgan fingerprint density at radius 1 is 0.952 bits per heavy atom. The Morgan fingerprint density at radius 2 is 1.52 bits per heavy atom. The van der Waals surface area contributed by atoms with Gasteiger partial charge in [-0.15, -0.1) is 0 Å². The maximum absolute atomic E-state index is 10.0. The summed E-state index contributed by atoms with van der Waals surface area (Å²) in [4.78, 5) is 4.51. The fourth-order valence-corrected chi connectivity index (χ4v) is 2.23. The van der Waals surface area contributed by atoms with E-state index >= 15 is 0 Å². The monoisotopic (exact) mass is 279 g/mol. The van der Waals surface area contributed by atoms with Crippen molar-refractivity contribution in [3.63, 3.8) is 0 Å². The third-order valence-corrected chi connectivity index (χ3v) is 3.40. The highest BCUT2D eigenvalue weighted by atomic mass is 16.4. The summed E-state index contributed by atoms with van der Waals surface area (Å²) in [6, 6.07) is 19.7. The molecule has 0 saturated carbocycles. The molecule has 0 aliphatic carbocycles. The Balaban J connectivity index is 2.15. The van der Waals surface area contributed by atoms with Crippen LogP contribution in [0.4, 0.5) is 0 Å². The van der Waals surface area contributed by atoms with Gasteiger partial charge in [-0.2, -0.15) is 0 Å². The minimum Gasteiger partial charge on any atom is -0.437 e. The van der Waals surface area contributed by atoms with Crippen LogP contribution < -0.4 is 0 Å². The van der Waals surface area contributed by atoms with Gasteiger partial charge in [0.1, 0.15) is 11.8 Å². The van der Waals surface area contributed by atoms with Crippen LogP contribution in [0.15, 0.2) is 65.1 Å². The van der Waals surface area contributed by atoms with E-state index < -0.39 is 6.10 Å². The first-order valence-electron chi connectivity index (χ1n) is 7.09. The molecule has 0 radical (unpaired) electrons. The van der Waals surface area contributed by atoms with Crippen LogP contribution in [0.5, 0.6) is 0 Å². The molecule has 3 nitrogen and oxygen atoms in total. The number of benzene rings is 2. The van der Waals surface area contributed by atoms with Gasteiger partial charge in [-0.1, -0.05) is 67.6 Å². The minimum absolute atomic E-state index is 0.371. The molecule has 0 fully saturated rings. The maximum Gasteiger partial charge on any atom is 0.224 e. The number of rotatable bonds is 4. The standard InChI is InChI=1S/C18H17NO2/c1-2-15(20)18-19-16(13-9-5-3-6-10-13)17(21-18)14-11-7-4-8-12-14/h3-12,15,20H,2H2,1H3. The van der Waals surface area contributed by atoms with Crippen molar-refractivity contribution in [2.24, 2.45) is 0 Å². The number of aliphatic hydroxyl groups excluding tert-OH is 1. The van der Waals surface area contributed by atoms with Crippen molar-refractivity contribution in [1.82, 2.24) is 4.98 Å². The van der Waals surface area contributed by atoms with Gasteiger partial charge in [-0.3, -0.25) is 0 Å². The summed E-state index contributed by atoms with van der Waals surface area (Å²) in [5, 5.41) is 10.0. The van der Waals surface area contributed by atoms with E-state index in [2.05, 4.69) is 4.98 Å². The fraction of sp³-hybridized carbons (Fsp3) is 0.167. The average Bonchev–Trinajstić information content (AvgIpc) is 3.01. The Morgan fingerprint density at radius 3 is 2.10 bits per heavy atom. The van der Waals surface area contributed by atoms with Crippen molar-refractivity contribution in [2.45, 2.75) is 19.4 Å². The molecule has 0 amide bonds. The SMILES string of the molecule is CCC(O)c1nc(-c2ccccc2)c(-c2ccccc2)o1. The molecule has 21 heavy (non-hydrogen) atoms. The lowest BCUT2D eigenvalue weighted by atomic mass is 10.1. The van der Waals surface area contributed by atoms with E-state index in [1.54, 1.807) is 0 Å². The Bertz CT molecular complexity index is 648. The number of aliphatic hydroxyl groups is 1. The number of hydrogen-bond donors (Lipinski definition) is 1. The zero-order valence-corrected chi connectivity index (χ0v) is 11.9. The van der Waals surface area contributed by atoms with Crippen LogP contribution in [-0.2, 0) is 0 Å². The van der Waals surface area contributed by atoms with E-state index in [4.69, 9.17) is 4.42 Å². The second-order valence-electron chi connectivity index (χ2n) is 4.89. The molecular weight excluding hydrogens is 262 g/mol. The molecule has 1 unspecified atom stereocenters. The van der Waals surface area contributed by atoms with Crippen molar-refractivity contribution in [3.05, 3.63) is 66.6 Å². The lowest BCUT2D eigenvalue weighted by Gasteiger charge is -2.01. The van der Waals surface area contributed by atoms with Crippen LogP contribution >= 0.6 is 0 Å². The summed E-state index contributed by atoms with van der Waals surface area (Å²) in [6.45, 7) is 1.90. The Labute approximate surface area is 123 Å². The van der Waals surface area contributed by atoms with Crippen molar-refractivity contribution in [3.8, 4) is 22.6 Å². The summed E-state index contributed by atoms with van der Waals surface area (Å²) < 4.78 is 5.85. The molecule has 1 heterocycles. The van der Waals surface area contributed by atoms with Gasteiger partial charge in [-0.05, 0) is 6.42 Å². The number of nitrogens with zero attached hydrogens (tertiary/aromatic N) is 1. The van der Waals surface area contributed by atoms with E-state index in [0.29, 0.717) is 18.1 Å². The first-order chi connectivity index (χ1) is 10.3. The third kappa shape index (κ3) is 2.73. The van der Waals surface area contributed by atoms with Gasteiger partial charge in [0.05, 0.1) is 0 Å². The van der Waals surface area contributed by atoms with Gasteiger partial charge < -0.3 is 9.52 Å². The number of oxazole rings is 1. The molecule has 1 N–H and O–H groups in total. The molecule has 0 aliphatic heterocycles. The molecule has 0 bridgehead atoms. The van der Waals surface area contributed by atoms with Gasteiger partial charge in [0, 0.05) is 11.1 Å². The van der Waals surface area contributed by atoms with E-state index in [9.17, 15) is 5.11 Å². The summed E-state index contributed by atoms with van der Waals surface area (Å²) in [6.07, 6.45) is -0.104. The quantitative estimate of drug-likeness (QED) is 0.767. The van der Waals surface area contributed by atoms with E-state index in [-0.39, 0.29) is 0 Å². The Kier molecular flexibility index (Phi) is 3.84. The minimum atomic E-state index is -0.676. The lowest BCUT2D eigenvalue weighted by molar-refractivity contribution is 0.140. The van der Waals surface area contributed by atoms with Crippen molar-refractivity contribution >= 4 is 0 Å². The van der Waals surface area contributed by atoms with E-state index in [1.807, 2.05) is 67.6 Å². The van der Waals surface area contributed by atoms with Crippen LogP contribution in [0.25, 0.3) is 22.6 Å².